The molecule has 0 bridgehead atoms. The number of aliphatic hydroxyl groups excluding tert-OH is 1. The van der Waals surface area contributed by atoms with Gasteiger partial charge in [0, 0.05) is 39.0 Å². The molecule has 1 N–H and O–H groups in total. The Bertz CT molecular complexity index is 955. The monoisotopic (exact) mass is 403 g/mol. The van der Waals surface area contributed by atoms with Gasteiger partial charge in [-0.05, 0) is 30.3 Å². The first-order valence-electron chi connectivity index (χ1n) is 8.09. The van der Waals surface area contributed by atoms with E-state index in [-0.39, 0.29) is 5.92 Å². The largest absolute Gasteiger partial charge is 0.492 e. The maximum atomic E-state index is 11.1. The Labute approximate surface area is 165 Å². The van der Waals surface area contributed by atoms with Crippen molar-refractivity contribution in [2.45, 2.75) is 12.0 Å². The van der Waals surface area contributed by atoms with Crippen LogP contribution in [0.5, 0.6) is 0 Å². The summed E-state index contributed by atoms with van der Waals surface area (Å²) in [7, 11) is 0. The maximum absolute atomic E-state index is 11.1. The summed E-state index contributed by atoms with van der Waals surface area (Å²) in [4.78, 5) is 5.19. The molecule has 0 spiro atoms. The molecule has 0 fully saturated rings. The number of aliphatic hydroxyl groups is 1. The van der Waals surface area contributed by atoms with E-state index < -0.39 is 6.10 Å². The second-order valence-corrected chi connectivity index (χ2v) is 8.17. The standard InChI is InChI=1S/C20H15Cl2NO2S/c21-14-5-1-3-12(9-14)20-18(19(24)13-4-2-8-23-10-13)15(11-25-20)16-6-7-17(22)26-16/h1-10,15,19,24H,11H2. The summed E-state index contributed by atoms with van der Waals surface area (Å²) in [6, 6.07) is 15.0. The summed E-state index contributed by atoms with van der Waals surface area (Å²) in [6.45, 7) is 0.450. The first kappa shape index (κ1) is 17.6. The molecule has 132 valence electrons. The zero-order valence-corrected chi connectivity index (χ0v) is 15.9. The van der Waals surface area contributed by atoms with E-state index in [0.717, 1.165) is 21.6 Å². The van der Waals surface area contributed by atoms with Crippen LogP contribution in [-0.4, -0.2) is 16.7 Å². The Hall–Kier alpha value is -1.85. The van der Waals surface area contributed by atoms with Crippen molar-refractivity contribution in [3.8, 4) is 0 Å². The Balaban J connectivity index is 1.84. The number of hydrogen-bond acceptors (Lipinski definition) is 4. The van der Waals surface area contributed by atoms with Crippen LogP contribution in [0.1, 0.15) is 28.0 Å². The quantitative estimate of drug-likeness (QED) is 0.606. The number of benzene rings is 1. The summed E-state index contributed by atoms with van der Waals surface area (Å²) < 4.78 is 6.74. The number of rotatable bonds is 4. The molecule has 2 aromatic heterocycles. The van der Waals surface area contributed by atoms with E-state index in [1.54, 1.807) is 12.4 Å². The van der Waals surface area contributed by atoms with Gasteiger partial charge < -0.3 is 9.84 Å². The third kappa shape index (κ3) is 3.38. The van der Waals surface area contributed by atoms with Crippen LogP contribution >= 0.6 is 34.5 Å². The lowest BCUT2D eigenvalue weighted by molar-refractivity contribution is 0.209. The molecule has 2 unspecified atom stereocenters. The minimum Gasteiger partial charge on any atom is -0.492 e. The van der Waals surface area contributed by atoms with Gasteiger partial charge in [0.2, 0.25) is 0 Å². The van der Waals surface area contributed by atoms with Crippen LogP contribution in [0.25, 0.3) is 5.76 Å². The number of pyridine rings is 1. The van der Waals surface area contributed by atoms with E-state index in [9.17, 15) is 5.11 Å². The minimum absolute atomic E-state index is 0.0725. The van der Waals surface area contributed by atoms with Gasteiger partial charge in [-0.3, -0.25) is 4.98 Å². The van der Waals surface area contributed by atoms with Crippen molar-refractivity contribution >= 4 is 40.3 Å². The van der Waals surface area contributed by atoms with Crippen LogP contribution in [0.2, 0.25) is 9.36 Å². The van der Waals surface area contributed by atoms with Gasteiger partial charge >= 0.3 is 0 Å². The van der Waals surface area contributed by atoms with Crippen molar-refractivity contribution in [1.29, 1.82) is 0 Å². The molecule has 1 aromatic carbocycles. The Morgan fingerprint density at radius 2 is 2.04 bits per heavy atom. The maximum Gasteiger partial charge on any atom is 0.129 e. The smallest absolute Gasteiger partial charge is 0.129 e. The van der Waals surface area contributed by atoms with Gasteiger partial charge in [0.05, 0.1) is 16.9 Å². The zero-order valence-electron chi connectivity index (χ0n) is 13.6. The van der Waals surface area contributed by atoms with E-state index in [4.69, 9.17) is 27.9 Å². The lowest BCUT2D eigenvalue weighted by Gasteiger charge is -2.18. The van der Waals surface area contributed by atoms with Crippen LogP contribution in [0, 0.1) is 0 Å². The van der Waals surface area contributed by atoms with Gasteiger partial charge in [-0.2, -0.15) is 0 Å². The van der Waals surface area contributed by atoms with Crippen LogP contribution in [0.15, 0.2) is 66.5 Å². The molecule has 2 atom stereocenters. The fraction of sp³-hybridized carbons (Fsp3) is 0.150. The molecule has 3 nitrogen and oxygen atoms in total. The van der Waals surface area contributed by atoms with Crippen molar-refractivity contribution in [1.82, 2.24) is 4.98 Å². The number of nitrogens with zero attached hydrogens (tertiary/aromatic N) is 1. The Morgan fingerprint density at radius 1 is 1.15 bits per heavy atom. The van der Waals surface area contributed by atoms with Gasteiger partial charge in [-0.15, -0.1) is 11.3 Å². The highest BCUT2D eigenvalue weighted by Crippen LogP contribution is 2.47. The minimum atomic E-state index is -0.828. The van der Waals surface area contributed by atoms with Crippen molar-refractivity contribution < 1.29 is 9.84 Å². The summed E-state index contributed by atoms with van der Waals surface area (Å²) >= 11 is 13.8. The molecule has 0 amide bonds. The van der Waals surface area contributed by atoms with Gasteiger partial charge in [-0.25, -0.2) is 0 Å². The first-order chi connectivity index (χ1) is 12.6. The summed E-state index contributed by atoms with van der Waals surface area (Å²) in [5.41, 5.74) is 2.37. The highest BCUT2D eigenvalue weighted by molar-refractivity contribution is 7.16. The Morgan fingerprint density at radius 3 is 2.73 bits per heavy atom. The molecule has 3 aromatic rings. The number of halogens is 2. The number of hydrogen-bond donors (Lipinski definition) is 1. The van der Waals surface area contributed by atoms with E-state index in [1.807, 2.05) is 48.5 Å². The van der Waals surface area contributed by atoms with Gasteiger partial charge in [-0.1, -0.05) is 41.4 Å². The molecule has 0 saturated heterocycles. The second-order valence-electron chi connectivity index (χ2n) is 5.99. The van der Waals surface area contributed by atoms with Crippen molar-refractivity contribution in [2.24, 2.45) is 0 Å². The number of ether oxygens (including phenoxy) is 1. The molecule has 0 aliphatic carbocycles. The Kier molecular flexibility index (Phi) is 5.00. The van der Waals surface area contributed by atoms with Crippen LogP contribution < -0.4 is 0 Å². The summed E-state index contributed by atoms with van der Waals surface area (Å²) in [6.07, 6.45) is 2.53. The van der Waals surface area contributed by atoms with Gasteiger partial charge in [0.1, 0.15) is 11.9 Å². The van der Waals surface area contributed by atoms with E-state index >= 15 is 0 Å². The number of aromatic nitrogens is 1. The molecule has 6 heteroatoms. The molecular formula is C20H15Cl2NO2S. The lowest BCUT2D eigenvalue weighted by Crippen LogP contribution is -2.09. The fourth-order valence-electron chi connectivity index (χ4n) is 3.16. The van der Waals surface area contributed by atoms with Gasteiger partial charge in [0.25, 0.3) is 0 Å². The zero-order chi connectivity index (χ0) is 18.1. The highest BCUT2D eigenvalue weighted by Gasteiger charge is 2.35. The molecule has 0 radical (unpaired) electrons. The second kappa shape index (κ2) is 7.41. The van der Waals surface area contributed by atoms with E-state index in [0.29, 0.717) is 21.7 Å². The third-order valence-corrected chi connectivity index (χ3v) is 5.93. The third-order valence-electron chi connectivity index (χ3n) is 4.35. The van der Waals surface area contributed by atoms with Gasteiger partial charge in [0.15, 0.2) is 0 Å². The molecule has 26 heavy (non-hydrogen) atoms. The van der Waals surface area contributed by atoms with Crippen LogP contribution in [0.3, 0.4) is 0 Å². The SMILES string of the molecule is OC(C1=C(c2cccc(Cl)c2)OCC1c1ccc(Cl)s1)c1cccnc1. The van der Waals surface area contributed by atoms with E-state index in [2.05, 4.69) is 4.98 Å². The van der Waals surface area contributed by atoms with Crippen molar-refractivity contribution in [2.75, 3.05) is 6.61 Å². The van der Waals surface area contributed by atoms with Crippen LogP contribution in [-0.2, 0) is 4.74 Å². The molecule has 0 saturated carbocycles. The fourth-order valence-corrected chi connectivity index (χ4v) is 4.52. The molecular weight excluding hydrogens is 389 g/mol. The average molecular weight is 404 g/mol. The molecule has 4 rings (SSSR count). The average Bonchev–Trinajstić information content (AvgIpc) is 3.28. The molecule has 1 aliphatic heterocycles. The van der Waals surface area contributed by atoms with Crippen LogP contribution in [0.4, 0.5) is 0 Å². The predicted molar refractivity (Wildman–Crippen MR) is 106 cm³/mol. The van der Waals surface area contributed by atoms with E-state index in [1.165, 1.54) is 11.3 Å². The number of thiophene rings is 1. The summed E-state index contributed by atoms with van der Waals surface area (Å²) in [5, 5.41) is 11.7. The van der Waals surface area contributed by atoms with Crippen molar-refractivity contribution in [3.05, 3.63) is 91.9 Å². The predicted octanol–water partition coefficient (Wildman–Crippen LogP) is 5.71. The normalized spacial score (nSPS) is 18.0. The summed E-state index contributed by atoms with van der Waals surface area (Å²) in [5.74, 6) is 0.593. The topological polar surface area (TPSA) is 42.4 Å². The van der Waals surface area contributed by atoms with Crippen molar-refractivity contribution in [3.63, 3.8) is 0 Å². The lowest BCUT2D eigenvalue weighted by atomic mass is 9.89. The first-order valence-corrected chi connectivity index (χ1v) is 9.67. The molecule has 1 aliphatic rings. The highest BCUT2D eigenvalue weighted by atomic mass is 35.5. The molecule has 3 heterocycles.